The molecule has 0 amide bonds. The summed E-state index contributed by atoms with van der Waals surface area (Å²) >= 11 is 1.36. The van der Waals surface area contributed by atoms with Crippen molar-refractivity contribution in [1.29, 1.82) is 10.5 Å². The molecule has 0 radical (unpaired) electrons. The van der Waals surface area contributed by atoms with Gasteiger partial charge in [-0.3, -0.25) is 4.99 Å². The Labute approximate surface area is 93.9 Å². The fourth-order valence-corrected chi connectivity index (χ4v) is 1.94. The first kappa shape index (κ1) is 12.0. The third kappa shape index (κ3) is 3.54. The van der Waals surface area contributed by atoms with E-state index in [0.717, 1.165) is 19.4 Å². The Morgan fingerprint density at radius 3 is 2.80 bits per heavy atom. The Morgan fingerprint density at radius 1 is 1.60 bits per heavy atom. The van der Waals surface area contributed by atoms with Crippen molar-refractivity contribution >= 4 is 16.8 Å². The third-order valence-corrected chi connectivity index (χ3v) is 2.97. The van der Waals surface area contributed by atoms with E-state index in [4.69, 9.17) is 15.3 Å². The molecule has 0 aromatic carbocycles. The fraction of sp³-hybridized carbons (Fsp3) is 0.700. The molecule has 0 unspecified atom stereocenters. The Morgan fingerprint density at radius 2 is 2.33 bits per heavy atom. The number of hydrogen-bond donors (Lipinski definition) is 0. The highest BCUT2D eigenvalue weighted by molar-refractivity contribution is 8.13. The molecule has 0 saturated carbocycles. The second kappa shape index (κ2) is 6.44. The lowest BCUT2D eigenvalue weighted by Gasteiger charge is -2.07. The summed E-state index contributed by atoms with van der Waals surface area (Å²) in [6.07, 6.45) is 4.10. The van der Waals surface area contributed by atoms with Gasteiger partial charge in [0.05, 0.1) is 29.8 Å². The van der Waals surface area contributed by atoms with Crippen LogP contribution in [0, 0.1) is 28.6 Å². The SMILES string of the molecule is CSC(=NC[C@H]1CCCO1)C(C#N)C#N. The van der Waals surface area contributed by atoms with Crippen LogP contribution in [0.4, 0.5) is 0 Å². The van der Waals surface area contributed by atoms with Crippen LogP contribution < -0.4 is 0 Å². The molecule has 0 aliphatic carbocycles. The predicted molar refractivity (Wildman–Crippen MR) is 59.5 cm³/mol. The molecule has 1 aliphatic rings. The van der Waals surface area contributed by atoms with E-state index in [9.17, 15) is 0 Å². The predicted octanol–water partition coefficient (Wildman–Crippen LogP) is 1.59. The molecule has 15 heavy (non-hydrogen) atoms. The number of hydrogen-bond acceptors (Lipinski definition) is 5. The molecule has 5 heteroatoms. The quantitative estimate of drug-likeness (QED) is 0.538. The number of thioether (sulfide) groups is 1. The summed E-state index contributed by atoms with van der Waals surface area (Å²) in [6.45, 7) is 1.37. The summed E-state index contributed by atoms with van der Waals surface area (Å²) in [7, 11) is 0. The summed E-state index contributed by atoms with van der Waals surface area (Å²) in [5, 5.41) is 18.0. The molecule has 4 nitrogen and oxygen atoms in total. The van der Waals surface area contributed by atoms with Crippen molar-refractivity contribution < 1.29 is 4.74 Å². The fourth-order valence-electron chi connectivity index (χ4n) is 1.39. The number of aliphatic imine (C=N–C) groups is 1. The average Bonchev–Trinajstić information content (AvgIpc) is 2.77. The van der Waals surface area contributed by atoms with Gasteiger partial charge in [-0.1, -0.05) is 0 Å². The van der Waals surface area contributed by atoms with Crippen molar-refractivity contribution in [1.82, 2.24) is 0 Å². The van der Waals surface area contributed by atoms with E-state index in [2.05, 4.69) is 4.99 Å². The standard InChI is InChI=1S/C10H13N3OS/c1-15-10(8(5-11)6-12)13-7-9-3-2-4-14-9/h8-9H,2-4,7H2,1H3/t9-/m1/s1. The molecule has 0 aromatic heterocycles. The van der Waals surface area contributed by atoms with Crippen LogP contribution in [0.1, 0.15) is 12.8 Å². The second-order valence-corrected chi connectivity index (χ2v) is 4.04. The maximum absolute atomic E-state index is 8.72. The van der Waals surface area contributed by atoms with E-state index in [1.54, 1.807) is 0 Å². The van der Waals surface area contributed by atoms with E-state index in [-0.39, 0.29) is 6.10 Å². The van der Waals surface area contributed by atoms with Gasteiger partial charge in [0.25, 0.3) is 0 Å². The van der Waals surface area contributed by atoms with Gasteiger partial charge in [-0.25, -0.2) is 0 Å². The zero-order valence-electron chi connectivity index (χ0n) is 8.64. The molecule has 0 N–H and O–H groups in total. The van der Waals surface area contributed by atoms with Crippen LogP contribution in [-0.4, -0.2) is 30.6 Å². The third-order valence-electron chi connectivity index (χ3n) is 2.19. The molecule has 0 spiro atoms. The first-order valence-corrected chi connectivity index (χ1v) is 6.03. The van der Waals surface area contributed by atoms with Crippen LogP contribution in [0.3, 0.4) is 0 Å². The monoisotopic (exact) mass is 223 g/mol. The highest BCUT2D eigenvalue weighted by Gasteiger charge is 2.17. The molecule has 1 rings (SSSR count). The summed E-state index contributed by atoms with van der Waals surface area (Å²) in [5.41, 5.74) is 0. The van der Waals surface area contributed by atoms with Crippen LogP contribution in [0.25, 0.3) is 0 Å². The zero-order valence-corrected chi connectivity index (χ0v) is 9.46. The number of ether oxygens (including phenoxy) is 1. The molecule has 1 aliphatic heterocycles. The maximum atomic E-state index is 8.72. The summed E-state index contributed by atoms with van der Waals surface area (Å²) < 4.78 is 5.41. The maximum Gasteiger partial charge on any atom is 0.180 e. The van der Waals surface area contributed by atoms with Gasteiger partial charge >= 0.3 is 0 Å². The van der Waals surface area contributed by atoms with Crippen molar-refractivity contribution in [2.24, 2.45) is 10.9 Å². The summed E-state index contributed by atoms with van der Waals surface area (Å²) in [4.78, 5) is 4.28. The van der Waals surface area contributed by atoms with E-state index in [0.29, 0.717) is 11.6 Å². The van der Waals surface area contributed by atoms with Crippen LogP contribution in [-0.2, 0) is 4.74 Å². The molecule has 0 aromatic rings. The normalized spacial score (nSPS) is 21.3. The van der Waals surface area contributed by atoms with Crippen LogP contribution >= 0.6 is 11.8 Å². The molecule has 0 bridgehead atoms. The molecule has 1 saturated heterocycles. The topological polar surface area (TPSA) is 69.2 Å². The minimum Gasteiger partial charge on any atom is -0.376 e. The average molecular weight is 223 g/mol. The van der Waals surface area contributed by atoms with Crippen molar-refractivity contribution in [3.05, 3.63) is 0 Å². The lowest BCUT2D eigenvalue weighted by Crippen LogP contribution is -2.13. The van der Waals surface area contributed by atoms with Crippen molar-refractivity contribution in [3.63, 3.8) is 0 Å². The van der Waals surface area contributed by atoms with Crippen molar-refractivity contribution in [2.75, 3.05) is 19.4 Å². The van der Waals surface area contributed by atoms with E-state index in [1.807, 2.05) is 18.4 Å². The van der Waals surface area contributed by atoms with Crippen molar-refractivity contribution in [2.45, 2.75) is 18.9 Å². The highest BCUT2D eigenvalue weighted by atomic mass is 32.2. The number of nitrogens with zero attached hydrogens (tertiary/aromatic N) is 3. The largest absolute Gasteiger partial charge is 0.376 e. The Balaban J connectivity index is 2.54. The highest BCUT2D eigenvalue weighted by Crippen LogP contribution is 2.15. The van der Waals surface area contributed by atoms with Gasteiger partial charge in [0, 0.05) is 6.61 Å². The lowest BCUT2D eigenvalue weighted by atomic mass is 10.2. The molecule has 80 valence electrons. The van der Waals surface area contributed by atoms with Gasteiger partial charge in [0.15, 0.2) is 5.92 Å². The zero-order chi connectivity index (χ0) is 11.1. The Kier molecular flexibility index (Phi) is 5.17. The van der Waals surface area contributed by atoms with Crippen LogP contribution in [0.5, 0.6) is 0 Å². The van der Waals surface area contributed by atoms with Gasteiger partial charge < -0.3 is 4.74 Å². The van der Waals surface area contributed by atoms with Gasteiger partial charge in [-0.2, -0.15) is 10.5 Å². The molecule has 1 atom stereocenters. The van der Waals surface area contributed by atoms with E-state index in [1.165, 1.54) is 11.8 Å². The molecular weight excluding hydrogens is 210 g/mol. The van der Waals surface area contributed by atoms with E-state index >= 15 is 0 Å². The van der Waals surface area contributed by atoms with Gasteiger partial charge in [0.2, 0.25) is 0 Å². The molecule has 1 fully saturated rings. The number of rotatable bonds is 3. The molecule has 1 heterocycles. The van der Waals surface area contributed by atoms with Crippen LogP contribution in [0.15, 0.2) is 4.99 Å². The number of nitriles is 2. The lowest BCUT2D eigenvalue weighted by molar-refractivity contribution is 0.118. The van der Waals surface area contributed by atoms with Crippen LogP contribution in [0.2, 0.25) is 0 Å². The van der Waals surface area contributed by atoms with E-state index < -0.39 is 5.92 Å². The minimum absolute atomic E-state index is 0.171. The Bertz CT molecular complexity index is 296. The smallest absolute Gasteiger partial charge is 0.180 e. The summed E-state index contributed by atoms with van der Waals surface area (Å²) in [6, 6.07) is 3.85. The summed E-state index contributed by atoms with van der Waals surface area (Å²) in [5.74, 6) is -0.735. The minimum atomic E-state index is -0.735. The first-order chi connectivity index (χ1) is 7.31. The van der Waals surface area contributed by atoms with Gasteiger partial charge in [0.1, 0.15) is 0 Å². The Hall–Kier alpha value is -1.04. The second-order valence-electron chi connectivity index (χ2n) is 3.21. The van der Waals surface area contributed by atoms with Gasteiger partial charge in [-0.15, -0.1) is 11.8 Å². The first-order valence-electron chi connectivity index (χ1n) is 4.81. The van der Waals surface area contributed by atoms with Crippen molar-refractivity contribution in [3.8, 4) is 12.1 Å². The molecular formula is C10H13N3OS. The van der Waals surface area contributed by atoms with Gasteiger partial charge in [-0.05, 0) is 19.1 Å².